The maximum Gasteiger partial charge on any atom is 0.333 e. The van der Waals surface area contributed by atoms with Crippen molar-refractivity contribution in [2.75, 3.05) is 6.61 Å². The maximum atomic E-state index is 11.3. The van der Waals surface area contributed by atoms with Crippen molar-refractivity contribution >= 4 is 23.8 Å². The summed E-state index contributed by atoms with van der Waals surface area (Å²) in [6.45, 7) is 2.29. The van der Waals surface area contributed by atoms with Crippen molar-refractivity contribution in [1.29, 1.82) is 0 Å². The molecule has 1 fully saturated rings. The number of esters is 1. The van der Waals surface area contributed by atoms with Gasteiger partial charge in [-0.3, -0.25) is 14.4 Å². The van der Waals surface area contributed by atoms with Gasteiger partial charge in [0, 0.05) is 12.8 Å². The predicted octanol–water partition coefficient (Wildman–Crippen LogP) is 0.717. The molecule has 1 aliphatic heterocycles. The molecule has 0 aliphatic carbocycles. The van der Waals surface area contributed by atoms with Gasteiger partial charge < -0.3 is 9.57 Å². The topological polar surface area (TPSA) is 90.0 Å². The molecule has 0 atom stereocenters. The number of ether oxygens (including phenoxy) is 1. The Balaban J connectivity index is 2.22. The van der Waals surface area contributed by atoms with E-state index in [1.807, 2.05) is 6.92 Å². The first-order chi connectivity index (χ1) is 9.04. The molecular formula is C12H17NO6. The standard InChI is InChI=1S/C12H17NO6/c1-2-3-8-18-11(16)6-7-12(17)19-13-9(14)4-5-10(13)15/h2-8H2,1H3. The van der Waals surface area contributed by atoms with Crippen molar-refractivity contribution in [3.8, 4) is 0 Å². The fourth-order valence-corrected chi connectivity index (χ4v) is 1.41. The van der Waals surface area contributed by atoms with Crippen LogP contribution in [0.4, 0.5) is 0 Å². The average molecular weight is 271 g/mol. The van der Waals surface area contributed by atoms with Crippen LogP contribution in [0.1, 0.15) is 45.4 Å². The molecule has 19 heavy (non-hydrogen) atoms. The summed E-state index contributed by atoms with van der Waals surface area (Å²) in [6.07, 6.45) is 1.43. The molecule has 0 bridgehead atoms. The molecule has 0 aromatic carbocycles. The second-order valence-electron chi connectivity index (χ2n) is 4.12. The first-order valence-corrected chi connectivity index (χ1v) is 6.26. The van der Waals surface area contributed by atoms with E-state index in [-0.39, 0.29) is 25.7 Å². The van der Waals surface area contributed by atoms with Crippen molar-refractivity contribution in [1.82, 2.24) is 5.06 Å². The van der Waals surface area contributed by atoms with E-state index < -0.39 is 23.8 Å². The second-order valence-corrected chi connectivity index (χ2v) is 4.12. The molecule has 0 saturated carbocycles. The van der Waals surface area contributed by atoms with Crippen molar-refractivity contribution in [3.05, 3.63) is 0 Å². The van der Waals surface area contributed by atoms with Gasteiger partial charge in [0.05, 0.1) is 19.4 Å². The van der Waals surface area contributed by atoms with Gasteiger partial charge in [0.25, 0.3) is 11.8 Å². The number of carbonyl (C=O) groups excluding carboxylic acids is 4. The lowest BCUT2D eigenvalue weighted by molar-refractivity contribution is -0.197. The molecule has 0 aromatic heterocycles. The number of amides is 2. The number of unbranched alkanes of at least 4 members (excludes halogenated alkanes) is 1. The van der Waals surface area contributed by atoms with Gasteiger partial charge in [0.1, 0.15) is 0 Å². The summed E-state index contributed by atoms with van der Waals surface area (Å²) < 4.78 is 4.85. The lowest BCUT2D eigenvalue weighted by atomic mass is 10.3. The number of imide groups is 1. The molecule has 1 aliphatic rings. The average Bonchev–Trinajstić information content (AvgIpc) is 2.68. The monoisotopic (exact) mass is 271 g/mol. The van der Waals surface area contributed by atoms with Crippen LogP contribution in [-0.2, 0) is 28.8 Å². The number of nitrogens with zero attached hydrogens (tertiary/aromatic N) is 1. The summed E-state index contributed by atoms with van der Waals surface area (Å²) in [5, 5.41) is 0.463. The lowest BCUT2D eigenvalue weighted by Crippen LogP contribution is -2.32. The molecule has 1 saturated heterocycles. The summed E-state index contributed by atoms with van der Waals surface area (Å²) in [4.78, 5) is 49.5. The molecule has 0 unspecified atom stereocenters. The van der Waals surface area contributed by atoms with Gasteiger partial charge in [-0.2, -0.15) is 0 Å². The smallest absolute Gasteiger partial charge is 0.333 e. The minimum absolute atomic E-state index is 0.0468. The van der Waals surface area contributed by atoms with Crippen LogP contribution in [0.25, 0.3) is 0 Å². The summed E-state index contributed by atoms with van der Waals surface area (Å²) in [7, 11) is 0. The molecule has 106 valence electrons. The highest BCUT2D eigenvalue weighted by Crippen LogP contribution is 2.13. The third kappa shape index (κ3) is 5.07. The van der Waals surface area contributed by atoms with Gasteiger partial charge in [-0.1, -0.05) is 13.3 Å². The number of carbonyl (C=O) groups is 4. The predicted molar refractivity (Wildman–Crippen MR) is 62.3 cm³/mol. The quantitative estimate of drug-likeness (QED) is 0.385. The second kappa shape index (κ2) is 7.50. The maximum absolute atomic E-state index is 11.3. The largest absolute Gasteiger partial charge is 0.466 e. The van der Waals surface area contributed by atoms with Crippen LogP contribution in [0.3, 0.4) is 0 Å². The SMILES string of the molecule is CCCCOC(=O)CCC(=O)ON1C(=O)CCC1=O. The van der Waals surface area contributed by atoms with E-state index in [2.05, 4.69) is 4.84 Å². The molecule has 0 aromatic rings. The van der Waals surface area contributed by atoms with Crippen LogP contribution < -0.4 is 0 Å². The zero-order valence-electron chi connectivity index (χ0n) is 10.8. The summed E-state index contributed by atoms with van der Waals surface area (Å²) >= 11 is 0. The highest BCUT2D eigenvalue weighted by atomic mass is 16.7. The molecule has 0 radical (unpaired) electrons. The Kier molecular flexibility index (Phi) is 5.98. The Morgan fingerprint density at radius 3 is 2.26 bits per heavy atom. The minimum atomic E-state index is -0.795. The van der Waals surface area contributed by atoms with Crippen LogP contribution in [0.5, 0.6) is 0 Å². The van der Waals surface area contributed by atoms with Crippen molar-refractivity contribution in [2.24, 2.45) is 0 Å². The third-order valence-electron chi connectivity index (χ3n) is 2.49. The molecule has 7 heteroatoms. The van der Waals surface area contributed by atoms with Crippen LogP contribution in [-0.4, -0.2) is 35.4 Å². The lowest BCUT2D eigenvalue weighted by Gasteiger charge is -2.12. The van der Waals surface area contributed by atoms with E-state index in [4.69, 9.17) is 4.74 Å². The minimum Gasteiger partial charge on any atom is -0.466 e. The molecule has 1 rings (SSSR count). The summed E-state index contributed by atoms with van der Waals surface area (Å²) in [6, 6.07) is 0. The van der Waals surface area contributed by atoms with Gasteiger partial charge in [-0.05, 0) is 6.42 Å². The summed E-state index contributed by atoms with van der Waals surface area (Å²) in [5.41, 5.74) is 0. The van der Waals surface area contributed by atoms with Gasteiger partial charge in [0.15, 0.2) is 0 Å². The fourth-order valence-electron chi connectivity index (χ4n) is 1.41. The van der Waals surface area contributed by atoms with Gasteiger partial charge in [-0.25, -0.2) is 4.79 Å². The number of rotatable bonds is 7. The van der Waals surface area contributed by atoms with Crippen molar-refractivity contribution in [2.45, 2.75) is 45.4 Å². The van der Waals surface area contributed by atoms with Gasteiger partial charge in [0.2, 0.25) is 0 Å². The first-order valence-electron chi connectivity index (χ1n) is 6.26. The first kappa shape index (κ1) is 15.1. The highest BCUT2D eigenvalue weighted by molar-refractivity contribution is 6.01. The van der Waals surface area contributed by atoms with Crippen LogP contribution in [0, 0.1) is 0 Å². The molecule has 1 heterocycles. The van der Waals surface area contributed by atoms with E-state index in [1.165, 1.54) is 0 Å². The number of hydrogen-bond acceptors (Lipinski definition) is 6. The number of hydroxylamine groups is 2. The van der Waals surface area contributed by atoms with E-state index in [1.54, 1.807) is 0 Å². The van der Waals surface area contributed by atoms with Crippen molar-refractivity contribution < 1.29 is 28.8 Å². The Hall–Kier alpha value is -1.92. The summed E-state index contributed by atoms with van der Waals surface area (Å²) in [5.74, 6) is -2.37. The third-order valence-corrected chi connectivity index (χ3v) is 2.49. The van der Waals surface area contributed by atoms with Gasteiger partial charge >= 0.3 is 11.9 Å². The van der Waals surface area contributed by atoms with E-state index in [9.17, 15) is 19.2 Å². The molecule has 7 nitrogen and oxygen atoms in total. The normalized spacial score (nSPS) is 14.7. The number of hydrogen-bond donors (Lipinski definition) is 0. The van der Waals surface area contributed by atoms with Crippen LogP contribution in [0.2, 0.25) is 0 Å². The Bertz CT molecular complexity index is 362. The highest BCUT2D eigenvalue weighted by Gasteiger charge is 2.32. The van der Waals surface area contributed by atoms with Crippen LogP contribution >= 0.6 is 0 Å². The van der Waals surface area contributed by atoms with Crippen LogP contribution in [0.15, 0.2) is 0 Å². The Labute approximate surface area is 110 Å². The zero-order chi connectivity index (χ0) is 14.3. The molecule has 2 amide bonds. The fraction of sp³-hybridized carbons (Fsp3) is 0.667. The molecular weight excluding hydrogens is 254 g/mol. The molecule has 0 N–H and O–H groups in total. The Morgan fingerprint density at radius 1 is 1.11 bits per heavy atom. The zero-order valence-corrected chi connectivity index (χ0v) is 10.8. The van der Waals surface area contributed by atoms with E-state index in [0.29, 0.717) is 11.7 Å². The van der Waals surface area contributed by atoms with E-state index in [0.717, 1.165) is 12.8 Å². The Morgan fingerprint density at radius 2 is 1.68 bits per heavy atom. The van der Waals surface area contributed by atoms with Crippen molar-refractivity contribution in [3.63, 3.8) is 0 Å². The van der Waals surface area contributed by atoms with E-state index >= 15 is 0 Å². The van der Waals surface area contributed by atoms with Gasteiger partial charge in [-0.15, -0.1) is 5.06 Å². The molecule has 0 spiro atoms.